The van der Waals surface area contributed by atoms with Gasteiger partial charge in [-0.15, -0.1) is 0 Å². The van der Waals surface area contributed by atoms with Gasteiger partial charge in [0, 0.05) is 110 Å². The van der Waals surface area contributed by atoms with Crippen molar-refractivity contribution in [2.24, 2.45) is 0 Å². The zero-order valence-electron chi connectivity index (χ0n) is 37.1. The summed E-state index contributed by atoms with van der Waals surface area (Å²) >= 11 is 3.28. The standard InChI is InChI=1S/C20H23N5O2.C15H26BN3O3.C11H9BrN2O/c26-15-16-2-1-3-17(10-16)20-21-11-18(12-22-20)19-13-23-25(14-19)5-4-24-6-8-27-9-7-24;1-14(2)15(3,4)22-16(21-14)13-11-17-19(12-13)6-5-18-7-9-20-10-8-18;12-10-5-13-11(14-6-10)9-3-1-2-8(4-9)7-15/h1-3,10-14,26H,4-9,15H2;11-12H,5-10H2,1-4H3;1-6,15H,7H2. The smallest absolute Gasteiger partial charge is 0.399 e. The Balaban J connectivity index is 0.000000150. The lowest BCUT2D eigenvalue weighted by Gasteiger charge is -2.32. The van der Waals surface area contributed by atoms with Gasteiger partial charge in [0.25, 0.3) is 0 Å². The van der Waals surface area contributed by atoms with Crippen LogP contribution in [0.25, 0.3) is 33.9 Å². The van der Waals surface area contributed by atoms with Gasteiger partial charge in [0.2, 0.25) is 0 Å². The summed E-state index contributed by atoms with van der Waals surface area (Å²) < 4.78 is 27.6. The molecule has 3 aliphatic heterocycles. The molecular weight excluding hydrogens is 879 g/mol. The molecule has 0 saturated carbocycles. The maximum atomic E-state index is 9.27. The Hall–Kier alpha value is -4.76. The Morgan fingerprint density at radius 2 is 1.05 bits per heavy atom. The molecule has 2 N–H and O–H groups in total. The average Bonchev–Trinajstić information content (AvgIpc) is 4.07. The topological polar surface area (TPSA) is 171 Å². The first-order valence-corrected chi connectivity index (χ1v) is 22.5. The number of aromatic nitrogens is 8. The SMILES string of the molecule is CC1(C)OB(c2cnn(CCN3CCOCC3)c2)OC1(C)C.OCc1cccc(-c2ncc(-c3cnn(CCN4CCOCC4)c3)cn2)c1.OCc1cccc(-c2ncc(Br)cn2)c1. The summed E-state index contributed by atoms with van der Waals surface area (Å²) in [6, 6.07) is 15.2. The number of hydrogen-bond acceptors (Lipinski definition) is 14. The molecule has 16 nitrogen and oxygen atoms in total. The van der Waals surface area contributed by atoms with E-state index < -0.39 is 0 Å². The summed E-state index contributed by atoms with van der Waals surface area (Å²) in [5.74, 6) is 1.31. The Kier molecular flexibility index (Phi) is 16.5. The van der Waals surface area contributed by atoms with Crippen molar-refractivity contribution in [2.45, 2.75) is 65.2 Å². The highest BCUT2D eigenvalue weighted by molar-refractivity contribution is 9.10. The molecule has 338 valence electrons. The van der Waals surface area contributed by atoms with Gasteiger partial charge < -0.3 is 29.0 Å². The van der Waals surface area contributed by atoms with E-state index in [0.29, 0.717) is 11.6 Å². The van der Waals surface area contributed by atoms with Gasteiger partial charge in [-0.3, -0.25) is 19.2 Å². The van der Waals surface area contributed by atoms with E-state index in [2.05, 4.69) is 83.6 Å². The zero-order chi connectivity index (χ0) is 44.9. The molecule has 0 aliphatic carbocycles. The number of nitrogens with zero attached hydrogens (tertiary/aromatic N) is 10. The molecule has 0 amide bonds. The molecule has 0 atom stereocenters. The normalized spacial score (nSPS) is 17.3. The van der Waals surface area contributed by atoms with Crippen molar-refractivity contribution < 1.29 is 29.0 Å². The van der Waals surface area contributed by atoms with Crippen molar-refractivity contribution in [3.63, 3.8) is 0 Å². The number of morpholine rings is 2. The number of aliphatic hydroxyl groups excluding tert-OH is 2. The first-order chi connectivity index (χ1) is 31.0. The summed E-state index contributed by atoms with van der Waals surface area (Å²) in [5.41, 5.74) is 5.83. The number of rotatable bonds is 12. The van der Waals surface area contributed by atoms with Crippen molar-refractivity contribution in [2.75, 3.05) is 65.7 Å². The van der Waals surface area contributed by atoms with Gasteiger partial charge >= 0.3 is 7.12 Å². The summed E-state index contributed by atoms with van der Waals surface area (Å²) in [5, 5.41) is 27.2. The Labute approximate surface area is 383 Å². The van der Waals surface area contributed by atoms with Crippen LogP contribution in [0.2, 0.25) is 0 Å². The molecule has 0 bridgehead atoms. The quantitative estimate of drug-likeness (QED) is 0.161. The van der Waals surface area contributed by atoms with Crippen LogP contribution in [0.4, 0.5) is 0 Å². The summed E-state index contributed by atoms with van der Waals surface area (Å²) in [7, 11) is -0.331. The van der Waals surface area contributed by atoms with E-state index in [9.17, 15) is 5.11 Å². The van der Waals surface area contributed by atoms with Crippen LogP contribution < -0.4 is 5.46 Å². The van der Waals surface area contributed by atoms with Crippen LogP contribution >= 0.6 is 15.9 Å². The van der Waals surface area contributed by atoms with Crippen LogP contribution in [0.5, 0.6) is 0 Å². The van der Waals surface area contributed by atoms with E-state index in [1.54, 1.807) is 12.4 Å². The van der Waals surface area contributed by atoms with Crippen LogP contribution in [0.3, 0.4) is 0 Å². The fraction of sp³-hybridized carbons (Fsp3) is 0.435. The minimum atomic E-state index is -0.331. The second kappa shape index (κ2) is 22.4. The molecule has 18 heteroatoms. The lowest BCUT2D eigenvalue weighted by Crippen LogP contribution is -2.41. The van der Waals surface area contributed by atoms with E-state index in [1.807, 2.05) is 95.1 Å². The minimum Gasteiger partial charge on any atom is -0.399 e. The van der Waals surface area contributed by atoms with E-state index >= 15 is 0 Å². The van der Waals surface area contributed by atoms with Gasteiger partial charge in [-0.05, 0) is 66.9 Å². The summed E-state index contributed by atoms with van der Waals surface area (Å²) in [6.45, 7) is 19.3. The van der Waals surface area contributed by atoms with Crippen LogP contribution in [0, 0.1) is 0 Å². The van der Waals surface area contributed by atoms with E-state index in [4.69, 9.17) is 23.9 Å². The molecule has 64 heavy (non-hydrogen) atoms. The molecule has 0 radical (unpaired) electrons. The number of aliphatic hydroxyl groups is 2. The highest BCUT2D eigenvalue weighted by Crippen LogP contribution is 2.36. The van der Waals surface area contributed by atoms with Gasteiger partial charge in [0.05, 0.1) is 74.6 Å². The molecule has 0 unspecified atom stereocenters. The predicted octanol–water partition coefficient (Wildman–Crippen LogP) is 4.74. The molecule has 3 saturated heterocycles. The lowest BCUT2D eigenvalue weighted by atomic mass is 9.82. The van der Waals surface area contributed by atoms with Crippen LogP contribution in [-0.4, -0.2) is 144 Å². The molecular formula is C46H58BBrN10O6. The number of halogens is 1. The van der Waals surface area contributed by atoms with E-state index in [0.717, 1.165) is 122 Å². The fourth-order valence-corrected chi connectivity index (χ4v) is 7.28. The number of benzene rings is 2. The fourth-order valence-electron chi connectivity index (χ4n) is 7.08. The van der Waals surface area contributed by atoms with Crippen LogP contribution in [0.15, 0.2) is 103 Å². The van der Waals surface area contributed by atoms with Gasteiger partial charge in [0.15, 0.2) is 11.6 Å². The van der Waals surface area contributed by atoms with Crippen LogP contribution in [-0.2, 0) is 45.1 Å². The molecule has 3 fully saturated rings. The highest BCUT2D eigenvalue weighted by Gasteiger charge is 2.52. The largest absolute Gasteiger partial charge is 0.498 e. The summed E-state index contributed by atoms with van der Waals surface area (Å²) in [6.07, 6.45) is 14.8. The average molecular weight is 938 g/mol. The first kappa shape index (κ1) is 47.2. The first-order valence-electron chi connectivity index (χ1n) is 21.7. The summed E-state index contributed by atoms with van der Waals surface area (Å²) in [4.78, 5) is 22.1. The third-order valence-electron chi connectivity index (χ3n) is 11.7. The van der Waals surface area contributed by atoms with Crippen molar-refractivity contribution >= 4 is 28.5 Å². The number of ether oxygens (including phenoxy) is 2. The highest BCUT2D eigenvalue weighted by atomic mass is 79.9. The molecule has 3 aliphatic rings. The Morgan fingerprint density at radius 1 is 0.578 bits per heavy atom. The van der Waals surface area contributed by atoms with E-state index in [1.165, 1.54) is 0 Å². The Bertz CT molecular complexity index is 2340. The van der Waals surface area contributed by atoms with Crippen molar-refractivity contribution in [1.82, 2.24) is 49.3 Å². The van der Waals surface area contributed by atoms with Crippen molar-refractivity contribution in [3.05, 3.63) is 114 Å². The van der Waals surface area contributed by atoms with E-state index in [-0.39, 0.29) is 31.5 Å². The second-order valence-corrected chi connectivity index (χ2v) is 17.7. The van der Waals surface area contributed by atoms with Gasteiger partial charge in [-0.2, -0.15) is 10.2 Å². The molecule has 2 aromatic carbocycles. The van der Waals surface area contributed by atoms with Crippen LogP contribution in [0.1, 0.15) is 38.8 Å². The second-order valence-electron chi connectivity index (χ2n) is 16.8. The van der Waals surface area contributed by atoms with Crippen molar-refractivity contribution in [1.29, 1.82) is 0 Å². The predicted molar refractivity (Wildman–Crippen MR) is 248 cm³/mol. The molecule has 0 spiro atoms. The molecule has 9 rings (SSSR count). The third kappa shape index (κ3) is 13.0. The van der Waals surface area contributed by atoms with Gasteiger partial charge in [-0.1, -0.05) is 36.4 Å². The molecule has 7 heterocycles. The molecule has 6 aromatic rings. The minimum absolute atomic E-state index is 0.00949. The molecule has 4 aromatic heterocycles. The van der Waals surface area contributed by atoms with Gasteiger partial charge in [0.1, 0.15) is 0 Å². The lowest BCUT2D eigenvalue weighted by molar-refractivity contribution is 0.00578. The monoisotopic (exact) mass is 936 g/mol. The third-order valence-corrected chi connectivity index (χ3v) is 12.1. The maximum Gasteiger partial charge on any atom is 0.498 e. The van der Waals surface area contributed by atoms with Gasteiger partial charge in [-0.25, -0.2) is 19.9 Å². The number of hydrogen-bond donors (Lipinski definition) is 2. The Morgan fingerprint density at radius 3 is 1.55 bits per heavy atom. The van der Waals surface area contributed by atoms with Crippen molar-refractivity contribution in [3.8, 4) is 33.9 Å². The maximum absolute atomic E-state index is 9.27. The zero-order valence-corrected chi connectivity index (χ0v) is 38.7.